The Labute approximate surface area is 150 Å². The highest BCUT2D eigenvalue weighted by molar-refractivity contribution is 8.00. The number of methoxy groups -OCH3 is 1. The highest BCUT2D eigenvalue weighted by atomic mass is 32.2. The Kier molecular flexibility index (Phi) is 6.03. The van der Waals surface area contributed by atoms with Gasteiger partial charge in [-0.25, -0.2) is 0 Å². The minimum Gasteiger partial charge on any atom is -0.495 e. The van der Waals surface area contributed by atoms with Gasteiger partial charge in [-0.3, -0.25) is 14.9 Å². The van der Waals surface area contributed by atoms with Gasteiger partial charge >= 0.3 is 0 Å². The van der Waals surface area contributed by atoms with Gasteiger partial charge in [-0.15, -0.1) is 11.8 Å². The molecule has 0 heterocycles. The maximum atomic E-state index is 12.5. The minimum absolute atomic E-state index is 0.106. The Morgan fingerprint density at radius 1 is 1.20 bits per heavy atom. The molecule has 1 N–H and O–H groups in total. The summed E-state index contributed by atoms with van der Waals surface area (Å²) in [5.74, 6) is 0.129. The molecule has 0 spiro atoms. The number of nitrogens with zero attached hydrogens (tertiary/aromatic N) is 1. The molecule has 2 aromatic carbocycles. The first kappa shape index (κ1) is 18.8. The predicted octanol–water partition coefficient (Wildman–Crippen LogP) is 4.34. The molecule has 0 saturated carbocycles. The molecule has 7 heteroatoms. The van der Waals surface area contributed by atoms with Gasteiger partial charge in [-0.05, 0) is 50.1 Å². The Bertz CT molecular complexity index is 808. The number of thioether (sulfide) groups is 1. The van der Waals surface area contributed by atoms with Crippen molar-refractivity contribution < 1.29 is 14.5 Å². The third-order valence-electron chi connectivity index (χ3n) is 3.81. The van der Waals surface area contributed by atoms with Gasteiger partial charge in [-0.2, -0.15) is 0 Å². The van der Waals surface area contributed by atoms with Crippen molar-refractivity contribution in [1.82, 2.24) is 0 Å². The average Bonchev–Trinajstić information content (AvgIpc) is 2.57. The van der Waals surface area contributed by atoms with Crippen LogP contribution in [0.2, 0.25) is 0 Å². The summed E-state index contributed by atoms with van der Waals surface area (Å²) in [7, 11) is 1.45. The fraction of sp³-hybridized carbons (Fsp3) is 0.278. The molecule has 0 aliphatic heterocycles. The van der Waals surface area contributed by atoms with E-state index >= 15 is 0 Å². The normalized spacial score (nSPS) is 11.7. The topological polar surface area (TPSA) is 81.5 Å². The van der Waals surface area contributed by atoms with Crippen molar-refractivity contribution in [2.75, 3.05) is 12.4 Å². The van der Waals surface area contributed by atoms with Gasteiger partial charge in [-0.1, -0.05) is 6.07 Å². The van der Waals surface area contributed by atoms with E-state index in [1.165, 1.54) is 42.6 Å². The zero-order valence-electron chi connectivity index (χ0n) is 14.5. The highest BCUT2D eigenvalue weighted by Crippen LogP contribution is 2.31. The number of non-ortho nitro benzene ring substituents is 1. The van der Waals surface area contributed by atoms with Crippen LogP contribution in [0.25, 0.3) is 0 Å². The Morgan fingerprint density at radius 2 is 1.92 bits per heavy atom. The van der Waals surface area contributed by atoms with Gasteiger partial charge in [0.1, 0.15) is 5.75 Å². The minimum atomic E-state index is -0.512. The van der Waals surface area contributed by atoms with Crippen LogP contribution in [0.15, 0.2) is 41.3 Å². The van der Waals surface area contributed by atoms with Crippen LogP contribution in [0.4, 0.5) is 11.4 Å². The fourth-order valence-electron chi connectivity index (χ4n) is 2.19. The number of nitrogens with one attached hydrogen (secondary N) is 1. The summed E-state index contributed by atoms with van der Waals surface area (Å²) in [6.07, 6.45) is 0. The third-order valence-corrected chi connectivity index (χ3v) is 4.91. The van der Waals surface area contributed by atoms with E-state index < -0.39 is 4.92 Å². The number of hydrogen-bond acceptors (Lipinski definition) is 5. The molecule has 1 amide bonds. The van der Waals surface area contributed by atoms with Crippen LogP contribution >= 0.6 is 11.8 Å². The van der Waals surface area contributed by atoms with E-state index in [1.807, 2.05) is 32.0 Å². The molecule has 0 unspecified atom stereocenters. The first-order chi connectivity index (χ1) is 11.8. The van der Waals surface area contributed by atoms with Crippen molar-refractivity contribution in [3.8, 4) is 5.75 Å². The second kappa shape index (κ2) is 8.02. The van der Waals surface area contributed by atoms with Gasteiger partial charge < -0.3 is 10.1 Å². The van der Waals surface area contributed by atoms with Crippen molar-refractivity contribution in [1.29, 1.82) is 0 Å². The molecular formula is C18H20N2O4S. The van der Waals surface area contributed by atoms with Crippen LogP contribution < -0.4 is 10.1 Å². The summed E-state index contributed by atoms with van der Waals surface area (Å²) in [5, 5.41) is 13.3. The summed E-state index contributed by atoms with van der Waals surface area (Å²) in [4.78, 5) is 23.9. The SMILES string of the molecule is COc1ccc([N+](=O)[O-])cc1NC(=O)[C@@H](C)Sc1ccc(C)c(C)c1. The second-order valence-electron chi connectivity index (χ2n) is 5.64. The van der Waals surface area contributed by atoms with Gasteiger partial charge in [0.25, 0.3) is 5.69 Å². The molecule has 2 aromatic rings. The van der Waals surface area contributed by atoms with Crippen LogP contribution in [0.3, 0.4) is 0 Å². The maximum absolute atomic E-state index is 12.5. The Hall–Kier alpha value is -2.54. The average molecular weight is 360 g/mol. The highest BCUT2D eigenvalue weighted by Gasteiger charge is 2.18. The number of benzene rings is 2. The predicted molar refractivity (Wildman–Crippen MR) is 99.5 cm³/mol. The van der Waals surface area contributed by atoms with E-state index in [1.54, 1.807) is 6.92 Å². The Morgan fingerprint density at radius 3 is 2.52 bits per heavy atom. The maximum Gasteiger partial charge on any atom is 0.271 e. The molecule has 0 radical (unpaired) electrons. The summed E-state index contributed by atoms with van der Waals surface area (Å²) < 4.78 is 5.16. The number of hydrogen-bond donors (Lipinski definition) is 1. The zero-order chi connectivity index (χ0) is 18.6. The molecule has 0 saturated heterocycles. The van der Waals surface area contributed by atoms with E-state index in [0.717, 1.165) is 10.5 Å². The van der Waals surface area contributed by atoms with E-state index in [0.29, 0.717) is 5.75 Å². The van der Waals surface area contributed by atoms with Crippen LogP contribution in [0, 0.1) is 24.0 Å². The molecule has 0 aromatic heterocycles. The summed E-state index contributed by atoms with van der Waals surface area (Å²) in [6, 6.07) is 10.1. The molecule has 2 rings (SSSR count). The van der Waals surface area contributed by atoms with Crippen molar-refractivity contribution >= 4 is 29.0 Å². The molecule has 0 aliphatic rings. The second-order valence-corrected chi connectivity index (χ2v) is 7.05. The number of ether oxygens (including phenoxy) is 1. The lowest BCUT2D eigenvalue weighted by Crippen LogP contribution is -2.22. The number of rotatable bonds is 6. The lowest BCUT2D eigenvalue weighted by Gasteiger charge is -2.14. The molecule has 6 nitrogen and oxygen atoms in total. The van der Waals surface area contributed by atoms with Crippen LogP contribution in [0.1, 0.15) is 18.1 Å². The monoisotopic (exact) mass is 360 g/mol. The number of carbonyl (C=O) groups excluding carboxylic acids is 1. The zero-order valence-corrected chi connectivity index (χ0v) is 15.3. The largest absolute Gasteiger partial charge is 0.495 e. The van der Waals surface area contributed by atoms with Gasteiger partial charge in [0, 0.05) is 17.0 Å². The smallest absolute Gasteiger partial charge is 0.271 e. The molecular weight excluding hydrogens is 340 g/mol. The first-order valence-electron chi connectivity index (χ1n) is 7.69. The number of anilines is 1. The number of carbonyl (C=O) groups is 1. The van der Waals surface area contributed by atoms with Gasteiger partial charge in [0.05, 0.1) is 23.0 Å². The molecule has 0 aliphatic carbocycles. The summed E-state index contributed by atoms with van der Waals surface area (Å²) in [6.45, 7) is 5.85. The van der Waals surface area contributed by atoms with E-state index in [-0.39, 0.29) is 22.5 Å². The third kappa shape index (κ3) is 4.73. The quantitative estimate of drug-likeness (QED) is 0.471. The summed E-state index contributed by atoms with van der Waals surface area (Å²) in [5.41, 5.74) is 2.54. The molecule has 0 fully saturated rings. The number of nitro benzene ring substituents is 1. The number of aryl methyl sites for hydroxylation is 2. The first-order valence-corrected chi connectivity index (χ1v) is 8.57. The van der Waals surface area contributed by atoms with Crippen molar-refractivity contribution in [3.05, 3.63) is 57.6 Å². The van der Waals surface area contributed by atoms with Crippen LogP contribution in [-0.2, 0) is 4.79 Å². The Balaban J connectivity index is 2.13. The molecule has 1 atom stereocenters. The summed E-state index contributed by atoms with van der Waals surface area (Å²) >= 11 is 1.43. The molecule has 132 valence electrons. The fourth-order valence-corrected chi connectivity index (χ4v) is 3.15. The number of nitro groups is 1. The van der Waals surface area contributed by atoms with Crippen molar-refractivity contribution in [2.45, 2.75) is 30.9 Å². The lowest BCUT2D eigenvalue weighted by atomic mass is 10.1. The van der Waals surface area contributed by atoms with Gasteiger partial charge in [0.15, 0.2) is 0 Å². The van der Waals surface area contributed by atoms with Crippen LogP contribution in [-0.4, -0.2) is 23.2 Å². The number of amides is 1. The molecule has 25 heavy (non-hydrogen) atoms. The van der Waals surface area contributed by atoms with E-state index in [9.17, 15) is 14.9 Å². The molecule has 0 bridgehead atoms. The van der Waals surface area contributed by atoms with Gasteiger partial charge in [0.2, 0.25) is 5.91 Å². The lowest BCUT2D eigenvalue weighted by molar-refractivity contribution is -0.384. The van der Waals surface area contributed by atoms with Crippen LogP contribution in [0.5, 0.6) is 5.75 Å². The van der Waals surface area contributed by atoms with E-state index in [4.69, 9.17) is 4.74 Å². The van der Waals surface area contributed by atoms with Crippen molar-refractivity contribution in [2.24, 2.45) is 0 Å². The van der Waals surface area contributed by atoms with Crippen molar-refractivity contribution in [3.63, 3.8) is 0 Å². The van der Waals surface area contributed by atoms with E-state index in [2.05, 4.69) is 5.32 Å². The standard InChI is InChI=1S/C18H20N2O4S/c1-11-5-7-15(9-12(11)2)25-13(3)18(21)19-16-10-14(20(22)23)6-8-17(16)24-4/h5-10,13H,1-4H3,(H,19,21)/t13-/m1/s1.